The largest absolute Gasteiger partial charge is 0.426 e. The number of rotatable bonds is 4. The second-order valence-electron chi connectivity index (χ2n) is 8.67. The summed E-state index contributed by atoms with van der Waals surface area (Å²) in [7, 11) is 0. The lowest BCUT2D eigenvalue weighted by Crippen LogP contribution is -2.37. The Morgan fingerprint density at radius 2 is 1.74 bits per heavy atom. The summed E-state index contributed by atoms with van der Waals surface area (Å²) in [4.78, 5) is 13.1. The predicted molar refractivity (Wildman–Crippen MR) is 111 cm³/mol. The molecule has 2 aliphatic rings. The number of benzene rings is 2. The molecule has 2 aliphatic carbocycles. The Morgan fingerprint density at radius 1 is 1.00 bits per heavy atom. The molecule has 2 saturated carbocycles. The summed E-state index contributed by atoms with van der Waals surface area (Å²) in [6.45, 7) is 4.48. The highest BCUT2D eigenvalue weighted by Gasteiger charge is 2.39. The van der Waals surface area contributed by atoms with Gasteiger partial charge in [0, 0.05) is 5.39 Å². The third kappa shape index (κ3) is 3.63. The molecule has 27 heavy (non-hydrogen) atoms. The molecule has 2 aromatic carbocycles. The lowest BCUT2D eigenvalue weighted by molar-refractivity contribution is -0.143. The van der Waals surface area contributed by atoms with Crippen LogP contribution in [0.25, 0.3) is 10.8 Å². The zero-order valence-corrected chi connectivity index (χ0v) is 16.7. The van der Waals surface area contributed by atoms with Crippen LogP contribution in [-0.2, 0) is 4.79 Å². The fourth-order valence-electron chi connectivity index (χ4n) is 5.45. The third-order valence-electron chi connectivity index (χ3n) is 7.15. The monoisotopic (exact) mass is 364 g/mol. The van der Waals surface area contributed by atoms with Crippen molar-refractivity contribution in [2.45, 2.75) is 71.1 Å². The first-order valence-electron chi connectivity index (χ1n) is 10.9. The van der Waals surface area contributed by atoms with E-state index in [0.29, 0.717) is 11.8 Å². The molecular formula is C25H32O2. The first-order chi connectivity index (χ1) is 13.2. The Balaban J connectivity index is 1.60. The average molecular weight is 365 g/mol. The maximum atomic E-state index is 13.1. The number of carbonyl (C=O) groups is 1. The summed E-state index contributed by atoms with van der Waals surface area (Å²) in [5, 5.41) is 2.29. The van der Waals surface area contributed by atoms with Crippen molar-refractivity contribution in [2.75, 3.05) is 0 Å². The molecule has 144 valence electrons. The van der Waals surface area contributed by atoms with Gasteiger partial charge in [0.05, 0.1) is 5.92 Å². The molecule has 4 rings (SSSR count). The van der Waals surface area contributed by atoms with E-state index < -0.39 is 0 Å². The fraction of sp³-hybridized carbons (Fsp3) is 0.560. The number of fused-ring (bicyclic) bond motifs is 2. The topological polar surface area (TPSA) is 26.3 Å². The van der Waals surface area contributed by atoms with Crippen molar-refractivity contribution in [3.63, 3.8) is 0 Å². The van der Waals surface area contributed by atoms with E-state index in [1.54, 1.807) is 0 Å². The van der Waals surface area contributed by atoms with Crippen LogP contribution >= 0.6 is 0 Å². The first-order valence-corrected chi connectivity index (χ1v) is 10.9. The minimum atomic E-state index is 0.00745. The Hall–Kier alpha value is -1.83. The Bertz CT molecular complexity index is 807. The molecule has 4 atom stereocenters. The van der Waals surface area contributed by atoms with Crippen LogP contribution in [0.4, 0.5) is 0 Å². The van der Waals surface area contributed by atoms with Crippen molar-refractivity contribution < 1.29 is 9.53 Å². The first kappa shape index (κ1) is 18.5. The molecule has 0 heterocycles. The summed E-state index contributed by atoms with van der Waals surface area (Å²) >= 11 is 0. The summed E-state index contributed by atoms with van der Waals surface area (Å²) in [5.74, 6) is 2.63. The van der Waals surface area contributed by atoms with Crippen molar-refractivity contribution in [3.05, 3.63) is 42.0 Å². The van der Waals surface area contributed by atoms with E-state index in [4.69, 9.17) is 4.74 Å². The Labute approximate surface area is 163 Å². The SMILES string of the molecule is CCC(C)c1ccc(OC(=O)C2CCCC3CCCCC32)c2ccccc12. The third-order valence-corrected chi connectivity index (χ3v) is 7.15. The van der Waals surface area contributed by atoms with Crippen LogP contribution in [0.1, 0.15) is 76.7 Å². The minimum Gasteiger partial charge on any atom is -0.426 e. The highest BCUT2D eigenvalue weighted by atomic mass is 16.5. The molecule has 0 aromatic heterocycles. The van der Waals surface area contributed by atoms with Gasteiger partial charge in [-0.05, 0) is 54.0 Å². The maximum absolute atomic E-state index is 13.1. The summed E-state index contributed by atoms with van der Waals surface area (Å²) in [6, 6.07) is 12.5. The second-order valence-corrected chi connectivity index (χ2v) is 8.67. The van der Waals surface area contributed by atoms with Crippen LogP contribution in [0.15, 0.2) is 36.4 Å². The van der Waals surface area contributed by atoms with E-state index in [1.807, 2.05) is 12.1 Å². The molecule has 0 amide bonds. The van der Waals surface area contributed by atoms with E-state index in [0.717, 1.165) is 29.9 Å². The zero-order chi connectivity index (χ0) is 18.8. The number of ether oxygens (including phenoxy) is 1. The predicted octanol–water partition coefficient (Wildman–Crippen LogP) is 6.87. The summed E-state index contributed by atoms with van der Waals surface area (Å²) in [5.41, 5.74) is 1.35. The van der Waals surface area contributed by atoms with Crippen LogP contribution < -0.4 is 4.74 Å². The standard InChI is InChI=1S/C25H32O2/c1-3-17(2)19-15-16-24(22-13-7-6-12-21(19)22)27-25(26)23-14-8-10-18-9-4-5-11-20(18)23/h6-7,12-13,15-18,20,23H,3-5,8-11,14H2,1-2H3. The number of carbonyl (C=O) groups excluding carboxylic acids is 1. The van der Waals surface area contributed by atoms with Crippen molar-refractivity contribution in [2.24, 2.45) is 17.8 Å². The van der Waals surface area contributed by atoms with Gasteiger partial charge < -0.3 is 4.74 Å². The van der Waals surface area contributed by atoms with Gasteiger partial charge in [0.2, 0.25) is 0 Å². The molecule has 0 N–H and O–H groups in total. The lowest BCUT2D eigenvalue weighted by atomic mass is 9.65. The Morgan fingerprint density at radius 3 is 2.56 bits per heavy atom. The average Bonchev–Trinajstić information content (AvgIpc) is 2.73. The molecule has 0 bridgehead atoms. The van der Waals surface area contributed by atoms with E-state index in [1.165, 1.54) is 49.5 Å². The normalized spacial score (nSPS) is 26.4. The van der Waals surface area contributed by atoms with Crippen molar-refractivity contribution in [3.8, 4) is 5.75 Å². The van der Waals surface area contributed by atoms with E-state index >= 15 is 0 Å². The second kappa shape index (κ2) is 8.04. The van der Waals surface area contributed by atoms with E-state index in [-0.39, 0.29) is 11.9 Å². The lowest BCUT2D eigenvalue weighted by Gasteiger charge is -2.40. The minimum absolute atomic E-state index is 0.00745. The molecule has 4 unspecified atom stereocenters. The Kier molecular flexibility index (Phi) is 5.52. The van der Waals surface area contributed by atoms with Crippen molar-refractivity contribution >= 4 is 16.7 Å². The van der Waals surface area contributed by atoms with Gasteiger partial charge in [-0.25, -0.2) is 0 Å². The van der Waals surface area contributed by atoms with Crippen LogP contribution in [0.2, 0.25) is 0 Å². The molecule has 2 heteroatoms. The van der Waals surface area contributed by atoms with Gasteiger partial charge in [0.25, 0.3) is 0 Å². The maximum Gasteiger partial charge on any atom is 0.314 e. The molecule has 2 aromatic rings. The molecule has 0 radical (unpaired) electrons. The molecule has 2 nitrogen and oxygen atoms in total. The van der Waals surface area contributed by atoms with Crippen LogP contribution in [0, 0.1) is 17.8 Å². The zero-order valence-electron chi connectivity index (χ0n) is 16.7. The van der Waals surface area contributed by atoms with Gasteiger partial charge in [-0.15, -0.1) is 0 Å². The summed E-state index contributed by atoms with van der Waals surface area (Å²) < 4.78 is 6.05. The number of hydrogen-bond acceptors (Lipinski definition) is 2. The van der Waals surface area contributed by atoms with Gasteiger partial charge in [-0.1, -0.05) is 76.3 Å². The molecule has 0 saturated heterocycles. The van der Waals surface area contributed by atoms with Gasteiger partial charge >= 0.3 is 5.97 Å². The summed E-state index contributed by atoms with van der Waals surface area (Å²) in [6.07, 6.45) is 9.72. The quantitative estimate of drug-likeness (QED) is 0.437. The van der Waals surface area contributed by atoms with Crippen LogP contribution in [-0.4, -0.2) is 5.97 Å². The van der Waals surface area contributed by atoms with E-state index in [9.17, 15) is 4.79 Å². The highest BCUT2D eigenvalue weighted by molar-refractivity contribution is 5.93. The van der Waals surface area contributed by atoms with Gasteiger partial charge in [-0.3, -0.25) is 4.79 Å². The van der Waals surface area contributed by atoms with Crippen molar-refractivity contribution in [1.29, 1.82) is 0 Å². The smallest absolute Gasteiger partial charge is 0.314 e. The fourth-order valence-corrected chi connectivity index (χ4v) is 5.45. The van der Waals surface area contributed by atoms with Crippen LogP contribution in [0.5, 0.6) is 5.75 Å². The number of hydrogen-bond donors (Lipinski definition) is 0. The molecular weight excluding hydrogens is 332 g/mol. The van der Waals surface area contributed by atoms with E-state index in [2.05, 4.69) is 38.1 Å². The molecule has 0 aliphatic heterocycles. The highest BCUT2D eigenvalue weighted by Crippen LogP contribution is 2.44. The molecule has 2 fully saturated rings. The molecule has 0 spiro atoms. The number of esters is 1. The van der Waals surface area contributed by atoms with Crippen LogP contribution in [0.3, 0.4) is 0 Å². The van der Waals surface area contributed by atoms with Gasteiger partial charge in [-0.2, -0.15) is 0 Å². The van der Waals surface area contributed by atoms with Crippen molar-refractivity contribution in [1.82, 2.24) is 0 Å². The van der Waals surface area contributed by atoms with Gasteiger partial charge in [0.15, 0.2) is 0 Å². The van der Waals surface area contributed by atoms with Gasteiger partial charge in [0.1, 0.15) is 5.75 Å².